The number of aromatic nitrogens is 1. The molecule has 1 heterocycles. The van der Waals surface area contributed by atoms with Crippen molar-refractivity contribution < 1.29 is 18.0 Å². The Balaban J connectivity index is 3.44. The molecule has 0 radical (unpaired) electrons. The summed E-state index contributed by atoms with van der Waals surface area (Å²) in [6.45, 7) is 1.38. The number of pyridine rings is 1. The van der Waals surface area contributed by atoms with E-state index in [-0.39, 0.29) is 5.69 Å². The number of carbonyl (C=O) groups excluding carboxylic acids is 1. The SMILES string of the molecule is Cc1cc(C(N)=O)c(C(F)F)c(F)n1. The third kappa shape index (κ3) is 1.84. The molecule has 1 aromatic heterocycles. The van der Waals surface area contributed by atoms with Crippen LogP contribution in [-0.2, 0) is 0 Å². The van der Waals surface area contributed by atoms with Crippen LogP contribution in [0.2, 0.25) is 0 Å². The molecule has 0 saturated carbocycles. The van der Waals surface area contributed by atoms with Crippen molar-refractivity contribution in [1.82, 2.24) is 4.98 Å². The van der Waals surface area contributed by atoms with Gasteiger partial charge in [-0.25, -0.2) is 13.8 Å². The van der Waals surface area contributed by atoms with Crippen LogP contribution >= 0.6 is 0 Å². The van der Waals surface area contributed by atoms with Crippen LogP contribution < -0.4 is 5.73 Å². The molecule has 0 bridgehead atoms. The third-order valence-electron chi connectivity index (χ3n) is 1.62. The monoisotopic (exact) mass is 204 g/mol. The van der Waals surface area contributed by atoms with E-state index in [0.717, 1.165) is 6.07 Å². The largest absolute Gasteiger partial charge is 0.366 e. The summed E-state index contributed by atoms with van der Waals surface area (Å²) in [5.74, 6) is -2.45. The zero-order valence-electron chi connectivity index (χ0n) is 7.22. The Hall–Kier alpha value is -1.59. The van der Waals surface area contributed by atoms with Gasteiger partial charge in [0.25, 0.3) is 6.43 Å². The molecule has 0 fully saturated rings. The maximum absolute atomic E-state index is 12.9. The molecule has 1 aromatic rings. The molecule has 0 aliphatic carbocycles. The Morgan fingerprint density at radius 1 is 1.57 bits per heavy atom. The van der Waals surface area contributed by atoms with E-state index in [2.05, 4.69) is 4.98 Å². The summed E-state index contributed by atoms with van der Waals surface area (Å²) in [6, 6.07) is 1.03. The van der Waals surface area contributed by atoms with Crippen molar-refractivity contribution in [1.29, 1.82) is 0 Å². The summed E-state index contributed by atoms with van der Waals surface area (Å²) in [5, 5.41) is 0. The number of hydrogen-bond acceptors (Lipinski definition) is 2. The Bertz CT molecular complexity index is 379. The minimum atomic E-state index is -3.11. The van der Waals surface area contributed by atoms with Crippen LogP contribution in [0.15, 0.2) is 6.07 Å². The molecule has 14 heavy (non-hydrogen) atoms. The summed E-state index contributed by atoms with van der Waals surface area (Å²) in [4.78, 5) is 13.9. The molecule has 0 atom stereocenters. The van der Waals surface area contributed by atoms with E-state index in [1.54, 1.807) is 0 Å². The van der Waals surface area contributed by atoms with E-state index in [1.165, 1.54) is 6.92 Å². The van der Waals surface area contributed by atoms with Gasteiger partial charge in [-0.1, -0.05) is 0 Å². The first kappa shape index (κ1) is 10.5. The smallest absolute Gasteiger partial charge is 0.269 e. The number of nitrogens with zero attached hydrogens (tertiary/aromatic N) is 1. The van der Waals surface area contributed by atoms with E-state index in [1.807, 2.05) is 0 Å². The van der Waals surface area contributed by atoms with Crippen LogP contribution in [0.5, 0.6) is 0 Å². The lowest BCUT2D eigenvalue weighted by atomic mass is 10.1. The quantitative estimate of drug-likeness (QED) is 0.743. The number of primary amides is 1. The van der Waals surface area contributed by atoms with Crippen molar-refractivity contribution in [3.05, 3.63) is 28.8 Å². The number of amides is 1. The number of carbonyl (C=O) groups is 1. The zero-order chi connectivity index (χ0) is 10.9. The fraction of sp³-hybridized carbons (Fsp3) is 0.250. The fourth-order valence-corrected chi connectivity index (χ4v) is 1.06. The number of nitrogens with two attached hydrogens (primary N) is 1. The van der Waals surface area contributed by atoms with Crippen molar-refractivity contribution in [2.45, 2.75) is 13.3 Å². The highest BCUT2D eigenvalue weighted by molar-refractivity contribution is 5.94. The Kier molecular flexibility index (Phi) is 2.73. The fourth-order valence-electron chi connectivity index (χ4n) is 1.06. The van der Waals surface area contributed by atoms with Gasteiger partial charge in [0.15, 0.2) is 0 Å². The second-order valence-corrected chi connectivity index (χ2v) is 2.68. The molecule has 0 unspecified atom stereocenters. The van der Waals surface area contributed by atoms with Gasteiger partial charge in [-0.3, -0.25) is 4.79 Å². The van der Waals surface area contributed by atoms with Gasteiger partial charge in [-0.2, -0.15) is 4.39 Å². The lowest BCUT2D eigenvalue weighted by Crippen LogP contribution is -2.16. The summed E-state index contributed by atoms with van der Waals surface area (Å²) in [6.07, 6.45) is -3.11. The minimum absolute atomic E-state index is 0.126. The summed E-state index contributed by atoms with van der Waals surface area (Å²) < 4.78 is 37.5. The molecule has 0 aromatic carbocycles. The molecular weight excluding hydrogens is 197 g/mol. The summed E-state index contributed by atoms with van der Waals surface area (Å²) in [5.41, 5.74) is 3.39. The summed E-state index contributed by atoms with van der Waals surface area (Å²) >= 11 is 0. The Labute approximate surface area is 77.7 Å². The molecular formula is C8H7F3N2O. The van der Waals surface area contributed by atoms with Gasteiger partial charge in [-0.15, -0.1) is 0 Å². The second kappa shape index (κ2) is 3.65. The lowest BCUT2D eigenvalue weighted by molar-refractivity contribution is 0.0981. The van der Waals surface area contributed by atoms with E-state index < -0.39 is 29.4 Å². The number of halogens is 3. The molecule has 6 heteroatoms. The van der Waals surface area contributed by atoms with Crippen LogP contribution in [0.1, 0.15) is 28.0 Å². The molecule has 76 valence electrons. The normalized spacial score (nSPS) is 10.6. The van der Waals surface area contributed by atoms with Gasteiger partial charge in [0.1, 0.15) is 0 Å². The molecule has 0 spiro atoms. The number of rotatable bonds is 2. The minimum Gasteiger partial charge on any atom is -0.366 e. The topological polar surface area (TPSA) is 56.0 Å². The average Bonchev–Trinajstić information content (AvgIpc) is 2.01. The predicted octanol–water partition coefficient (Wildman–Crippen LogP) is 1.57. The highest BCUT2D eigenvalue weighted by atomic mass is 19.3. The first-order valence-corrected chi connectivity index (χ1v) is 3.68. The van der Waals surface area contributed by atoms with Crippen LogP contribution in [0, 0.1) is 12.9 Å². The molecule has 1 rings (SSSR count). The average molecular weight is 204 g/mol. The molecule has 0 saturated heterocycles. The van der Waals surface area contributed by atoms with E-state index in [4.69, 9.17) is 5.73 Å². The second-order valence-electron chi connectivity index (χ2n) is 2.68. The predicted molar refractivity (Wildman–Crippen MR) is 42.4 cm³/mol. The molecule has 3 nitrogen and oxygen atoms in total. The highest BCUT2D eigenvalue weighted by Crippen LogP contribution is 2.25. The molecule has 1 amide bonds. The summed E-state index contributed by atoms with van der Waals surface area (Å²) in [7, 11) is 0. The number of hydrogen-bond donors (Lipinski definition) is 1. The maximum atomic E-state index is 12.9. The highest BCUT2D eigenvalue weighted by Gasteiger charge is 2.22. The van der Waals surface area contributed by atoms with E-state index in [0.29, 0.717) is 0 Å². The van der Waals surface area contributed by atoms with Crippen molar-refractivity contribution in [3.63, 3.8) is 0 Å². The molecule has 0 aliphatic rings. The number of aryl methyl sites for hydroxylation is 1. The van der Waals surface area contributed by atoms with Crippen molar-refractivity contribution in [3.8, 4) is 0 Å². The first-order valence-electron chi connectivity index (χ1n) is 3.68. The van der Waals surface area contributed by atoms with Gasteiger partial charge in [0.2, 0.25) is 11.9 Å². The van der Waals surface area contributed by atoms with Gasteiger partial charge in [0, 0.05) is 5.69 Å². The Morgan fingerprint density at radius 2 is 2.14 bits per heavy atom. The van der Waals surface area contributed by atoms with Crippen LogP contribution in [0.3, 0.4) is 0 Å². The molecule has 2 N–H and O–H groups in total. The first-order chi connectivity index (χ1) is 6.43. The maximum Gasteiger partial charge on any atom is 0.269 e. The number of alkyl halides is 2. The van der Waals surface area contributed by atoms with E-state index >= 15 is 0 Å². The van der Waals surface area contributed by atoms with Crippen LogP contribution in [0.4, 0.5) is 13.2 Å². The van der Waals surface area contributed by atoms with Crippen LogP contribution in [-0.4, -0.2) is 10.9 Å². The van der Waals surface area contributed by atoms with Gasteiger partial charge in [-0.05, 0) is 13.0 Å². The van der Waals surface area contributed by atoms with Crippen LogP contribution in [0.25, 0.3) is 0 Å². The Morgan fingerprint density at radius 3 is 2.57 bits per heavy atom. The third-order valence-corrected chi connectivity index (χ3v) is 1.62. The van der Waals surface area contributed by atoms with Gasteiger partial charge < -0.3 is 5.73 Å². The standard InChI is InChI=1S/C8H7F3N2O/c1-3-2-4(8(12)14)5(6(9)10)7(11)13-3/h2,6H,1H3,(H2,12,14). The van der Waals surface area contributed by atoms with Crippen molar-refractivity contribution >= 4 is 5.91 Å². The van der Waals surface area contributed by atoms with Gasteiger partial charge >= 0.3 is 0 Å². The zero-order valence-corrected chi connectivity index (χ0v) is 7.22. The molecule has 0 aliphatic heterocycles. The van der Waals surface area contributed by atoms with E-state index in [9.17, 15) is 18.0 Å². The van der Waals surface area contributed by atoms with Gasteiger partial charge in [0.05, 0.1) is 11.1 Å². The van der Waals surface area contributed by atoms with Crippen molar-refractivity contribution in [2.24, 2.45) is 5.73 Å². The lowest BCUT2D eigenvalue weighted by Gasteiger charge is -2.07. The van der Waals surface area contributed by atoms with Crippen molar-refractivity contribution in [2.75, 3.05) is 0 Å².